The highest BCUT2D eigenvalue weighted by atomic mass is 79.9. The number of nitrogens with zero attached hydrogens (tertiary/aromatic N) is 5. The molecule has 0 saturated heterocycles. The maximum Gasteiger partial charge on any atom is 0.282 e. The van der Waals surface area contributed by atoms with Crippen LogP contribution in [-0.4, -0.2) is 74.6 Å². The average Bonchev–Trinajstić information content (AvgIpc) is 3.06. The fraction of sp³-hybridized carbons (Fsp3) is 0.353. The van der Waals surface area contributed by atoms with Crippen molar-refractivity contribution in [3.63, 3.8) is 0 Å². The highest BCUT2D eigenvalue weighted by Crippen LogP contribution is 2.27. The van der Waals surface area contributed by atoms with Crippen LogP contribution >= 0.6 is 39.5 Å². The Balaban J connectivity index is 0.000000281. The van der Waals surface area contributed by atoms with Crippen LogP contribution in [0.4, 0.5) is 20.4 Å². The molecular weight excluding hydrogens is 768 g/mol. The maximum absolute atomic E-state index is 13.6. The number of amides is 1. The summed E-state index contributed by atoms with van der Waals surface area (Å²) in [5.74, 6) is 1.23. The van der Waals surface area contributed by atoms with Crippen LogP contribution in [0.2, 0.25) is 0 Å². The highest BCUT2D eigenvalue weighted by Gasteiger charge is 2.21. The summed E-state index contributed by atoms with van der Waals surface area (Å²) in [5.41, 5.74) is 12.0. The van der Waals surface area contributed by atoms with Gasteiger partial charge in [0.15, 0.2) is 10.3 Å². The van der Waals surface area contributed by atoms with Crippen molar-refractivity contribution < 1.29 is 32.7 Å². The van der Waals surface area contributed by atoms with E-state index in [-0.39, 0.29) is 52.3 Å². The van der Waals surface area contributed by atoms with E-state index in [9.17, 15) is 18.4 Å². The number of aromatic nitrogens is 4. The molecule has 0 unspecified atom stereocenters. The van der Waals surface area contributed by atoms with Crippen molar-refractivity contribution in [2.45, 2.75) is 64.1 Å². The topological polar surface area (TPSA) is 169 Å². The molecule has 0 radical (unpaired) electrons. The molecule has 0 spiro atoms. The third kappa shape index (κ3) is 13.9. The van der Waals surface area contributed by atoms with Gasteiger partial charge in [0.05, 0.1) is 34.9 Å². The molecule has 276 valence electrons. The van der Waals surface area contributed by atoms with Gasteiger partial charge in [-0.3, -0.25) is 14.4 Å². The van der Waals surface area contributed by atoms with E-state index in [1.165, 1.54) is 74.3 Å². The van der Waals surface area contributed by atoms with Crippen LogP contribution in [0.5, 0.6) is 11.5 Å². The quantitative estimate of drug-likeness (QED) is 0.0625. The minimum Gasteiger partial charge on any atom is -0.490 e. The van der Waals surface area contributed by atoms with Gasteiger partial charge in [-0.25, -0.2) is 33.8 Å². The second kappa shape index (κ2) is 21.3. The number of anilines is 2. The smallest absolute Gasteiger partial charge is 0.282 e. The number of rotatable bonds is 12. The van der Waals surface area contributed by atoms with Gasteiger partial charge in [-0.2, -0.15) is 0 Å². The average molecular weight is 811 g/mol. The monoisotopic (exact) mass is 809 g/mol. The minimum absolute atomic E-state index is 0.0701. The summed E-state index contributed by atoms with van der Waals surface area (Å²) < 4.78 is 37.8. The zero-order valence-electron chi connectivity index (χ0n) is 29.6. The predicted molar refractivity (Wildman–Crippen MR) is 200 cm³/mol. The van der Waals surface area contributed by atoms with E-state index in [0.29, 0.717) is 26.3 Å². The first-order chi connectivity index (χ1) is 24.1. The minimum atomic E-state index is -0.526. The normalized spacial score (nSPS) is 10.5. The Labute approximate surface area is 313 Å². The van der Waals surface area contributed by atoms with E-state index in [1.54, 1.807) is 6.07 Å². The zero-order valence-corrected chi connectivity index (χ0v) is 32.8. The molecule has 0 aliphatic carbocycles. The SMILES string of the molecule is CC(C)Oc1ccc(F)cc1Br.CCSc1ncc(C(=O)N(C)OC)c(N)n1.CCSc1ncc(C(=O)c2cc(F)ccc2OC(C)C)c(N)n1. The van der Waals surface area contributed by atoms with Gasteiger partial charge in [0.1, 0.15) is 40.3 Å². The molecule has 4 aromatic rings. The standard InChI is InChI=1S/C16H18FN3O2S.C9H10BrFO.C9H14N4O2S/c1-4-23-16-19-8-12(15(18)20-16)14(21)11-7-10(17)5-6-13(11)22-9(2)3;1-6(2)12-9-4-3-7(11)5-8(9)10;1-4-16-9-11-5-6(7(10)12-9)8(14)13(2)15-3/h5-9H,4H2,1-3H3,(H2,18,19,20);3-6H,1-2H3;5H,4H2,1-3H3,(H2,10,11,12). The molecule has 0 fully saturated rings. The van der Waals surface area contributed by atoms with E-state index in [0.717, 1.165) is 22.6 Å². The van der Waals surface area contributed by atoms with E-state index in [4.69, 9.17) is 25.8 Å². The second-order valence-corrected chi connectivity index (χ2v) is 13.9. The summed E-state index contributed by atoms with van der Waals surface area (Å²) in [6.07, 6.45) is 2.74. The lowest BCUT2D eigenvalue weighted by atomic mass is 10.0. The first kappa shape index (κ1) is 43.1. The van der Waals surface area contributed by atoms with Crippen LogP contribution in [-0.2, 0) is 4.84 Å². The molecule has 17 heteroatoms. The van der Waals surface area contributed by atoms with Crippen LogP contribution in [0.15, 0.2) is 63.6 Å². The molecular formula is C34H42BrF2N7O5S2. The van der Waals surface area contributed by atoms with Gasteiger partial charge in [0.25, 0.3) is 5.91 Å². The fourth-order valence-corrected chi connectivity index (χ4v) is 5.29. The Morgan fingerprint density at radius 2 is 1.27 bits per heavy atom. The lowest BCUT2D eigenvalue weighted by molar-refractivity contribution is -0.0756. The number of hydrogen-bond donors (Lipinski definition) is 2. The molecule has 51 heavy (non-hydrogen) atoms. The van der Waals surface area contributed by atoms with E-state index < -0.39 is 11.6 Å². The first-order valence-electron chi connectivity index (χ1n) is 15.6. The molecule has 1 amide bonds. The molecule has 12 nitrogen and oxygen atoms in total. The van der Waals surface area contributed by atoms with Crippen molar-refractivity contribution in [2.24, 2.45) is 0 Å². The molecule has 0 aliphatic rings. The molecule has 2 aromatic carbocycles. The third-order valence-corrected chi connectivity index (χ3v) is 8.09. The van der Waals surface area contributed by atoms with E-state index >= 15 is 0 Å². The maximum atomic E-state index is 13.6. The molecule has 2 aromatic heterocycles. The number of nitrogen functional groups attached to an aromatic ring is 2. The molecule has 0 atom stereocenters. The summed E-state index contributed by atoms with van der Waals surface area (Å²) in [4.78, 5) is 45.4. The Morgan fingerprint density at radius 1 is 0.804 bits per heavy atom. The van der Waals surface area contributed by atoms with Crippen molar-refractivity contribution in [2.75, 3.05) is 37.1 Å². The van der Waals surface area contributed by atoms with Crippen molar-refractivity contribution in [3.05, 3.63) is 81.6 Å². The lowest BCUT2D eigenvalue weighted by Gasteiger charge is -2.14. The van der Waals surface area contributed by atoms with Crippen LogP contribution < -0.4 is 20.9 Å². The van der Waals surface area contributed by atoms with Crippen molar-refractivity contribution >= 4 is 62.8 Å². The molecule has 2 heterocycles. The van der Waals surface area contributed by atoms with Gasteiger partial charge in [-0.15, -0.1) is 0 Å². The Hall–Kier alpha value is -4.06. The number of ether oxygens (including phenoxy) is 2. The van der Waals surface area contributed by atoms with Crippen molar-refractivity contribution in [1.82, 2.24) is 25.0 Å². The van der Waals surface area contributed by atoms with E-state index in [2.05, 4.69) is 35.9 Å². The number of ketones is 1. The molecule has 0 saturated carbocycles. The fourth-order valence-electron chi connectivity index (χ4n) is 3.75. The number of nitrogens with two attached hydrogens (primary N) is 2. The molecule has 0 aliphatic heterocycles. The first-order valence-corrected chi connectivity index (χ1v) is 18.3. The number of hydrogen-bond acceptors (Lipinski definition) is 13. The van der Waals surface area contributed by atoms with Crippen LogP contribution in [0.25, 0.3) is 0 Å². The summed E-state index contributed by atoms with van der Waals surface area (Å²) in [7, 11) is 2.90. The van der Waals surface area contributed by atoms with Crippen molar-refractivity contribution in [3.8, 4) is 11.5 Å². The zero-order chi connectivity index (χ0) is 38.2. The third-order valence-electron chi connectivity index (χ3n) is 5.98. The Morgan fingerprint density at radius 3 is 1.73 bits per heavy atom. The van der Waals surface area contributed by atoms with Gasteiger partial charge < -0.3 is 20.9 Å². The van der Waals surface area contributed by atoms with Crippen molar-refractivity contribution in [1.29, 1.82) is 0 Å². The molecule has 0 bridgehead atoms. The predicted octanol–water partition coefficient (Wildman–Crippen LogP) is 7.51. The summed E-state index contributed by atoms with van der Waals surface area (Å²) in [5, 5.41) is 2.14. The van der Waals surface area contributed by atoms with Gasteiger partial charge in [-0.1, -0.05) is 37.4 Å². The largest absolute Gasteiger partial charge is 0.490 e. The Bertz CT molecular complexity index is 1770. The van der Waals surface area contributed by atoms with Crippen LogP contribution in [0, 0.1) is 11.6 Å². The number of thioether (sulfide) groups is 2. The van der Waals surface area contributed by atoms with Gasteiger partial charge >= 0.3 is 0 Å². The van der Waals surface area contributed by atoms with Gasteiger partial charge in [0.2, 0.25) is 5.78 Å². The van der Waals surface area contributed by atoms with Gasteiger partial charge in [-0.05, 0) is 91.5 Å². The van der Waals surface area contributed by atoms with Crippen LogP contribution in [0.1, 0.15) is 67.8 Å². The molecule has 4 N–H and O–H groups in total. The highest BCUT2D eigenvalue weighted by molar-refractivity contribution is 9.10. The second-order valence-electron chi connectivity index (χ2n) is 10.6. The number of benzene rings is 2. The lowest BCUT2D eigenvalue weighted by Crippen LogP contribution is -2.26. The number of halogens is 3. The summed E-state index contributed by atoms with van der Waals surface area (Å²) in [6.45, 7) is 11.5. The van der Waals surface area contributed by atoms with Gasteiger partial charge in [0, 0.05) is 19.4 Å². The summed E-state index contributed by atoms with van der Waals surface area (Å²) in [6, 6.07) is 8.18. The number of carbonyl (C=O) groups excluding carboxylic acids is 2. The van der Waals surface area contributed by atoms with E-state index in [1.807, 2.05) is 41.5 Å². The Kier molecular flexibility index (Phi) is 18.0. The van der Waals surface area contributed by atoms with Crippen LogP contribution in [0.3, 0.4) is 0 Å². The molecule has 4 rings (SSSR count). The summed E-state index contributed by atoms with van der Waals surface area (Å²) >= 11 is 6.10. The number of carbonyl (C=O) groups is 2. The number of hydroxylamine groups is 2.